The number of fused-ring (bicyclic) bond motifs is 1. The molecule has 0 saturated carbocycles. The summed E-state index contributed by atoms with van der Waals surface area (Å²) in [6.45, 7) is 4.35. The highest BCUT2D eigenvalue weighted by atomic mass is 32.1. The topological polar surface area (TPSA) is 26.0 Å². The average Bonchev–Trinajstić information content (AvgIpc) is 2.57. The molecule has 0 aliphatic rings. The van der Waals surface area contributed by atoms with Crippen LogP contribution in [-0.4, -0.2) is 6.04 Å². The number of rotatable bonds is 3. The van der Waals surface area contributed by atoms with Crippen molar-refractivity contribution in [3.63, 3.8) is 0 Å². The van der Waals surface area contributed by atoms with Crippen molar-refractivity contribution in [3.8, 4) is 0 Å². The SMILES string of the molecule is CCC(N)Cc1sc2ccccc2c1C. The molecule has 0 aliphatic carbocycles. The summed E-state index contributed by atoms with van der Waals surface area (Å²) in [6, 6.07) is 8.89. The molecule has 0 spiro atoms. The summed E-state index contributed by atoms with van der Waals surface area (Å²) in [7, 11) is 0. The van der Waals surface area contributed by atoms with Gasteiger partial charge in [-0.25, -0.2) is 0 Å². The molecule has 2 heteroatoms. The van der Waals surface area contributed by atoms with Gasteiger partial charge in [-0.1, -0.05) is 25.1 Å². The van der Waals surface area contributed by atoms with E-state index in [1.54, 1.807) is 0 Å². The number of hydrogen-bond acceptors (Lipinski definition) is 2. The molecule has 0 saturated heterocycles. The monoisotopic (exact) mass is 219 g/mol. The molecule has 15 heavy (non-hydrogen) atoms. The van der Waals surface area contributed by atoms with Crippen LogP contribution in [0.3, 0.4) is 0 Å². The van der Waals surface area contributed by atoms with E-state index in [0.29, 0.717) is 6.04 Å². The van der Waals surface area contributed by atoms with Crippen LogP contribution < -0.4 is 5.73 Å². The van der Waals surface area contributed by atoms with E-state index in [2.05, 4.69) is 38.1 Å². The third kappa shape index (κ3) is 2.06. The maximum Gasteiger partial charge on any atom is 0.0348 e. The van der Waals surface area contributed by atoms with Gasteiger partial charge in [-0.2, -0.15) is 0 Å². The Kier molecular flexibility index (Phi) is 3.08. The molecular formula is C13H17NS. The largest absolute Gasteiger partial charge is 0.327 e. The van der Waals surface area contributed by atoms with Crippen LogP contribution in [0.15, 0.2) is 24.3 Å². The molecule has 1 aromatic carbocycles. The van der Waals surface area contributed by atoms with Gasteiger partial charge in [-0.3, -0.25) is 0 Å². The predicted molar refractivity (Wildman–Crippen MR) is 68.5 cm³/mol. The second-order valence-corrected chi connectivity index (χ2v) is 5.16. The van der Waals surface area contributed by atoms with Crippen molar-refractivity contribution in [3.05, 3.63) is 34.7 Å². The first kappa shape index (κ1) is 10.7. The molecular weight excluding hydrogens is 202 g/mol. The van der Waals surface area contributed by atoms with Crippen LogP contribution in [-0.2, 0) is 6.42 Å². The standard InChI is InChI=1S/C13H17NS/c1-3-10(14)8-13-9(2)11-6-4-5-7-12(11)15-13/h4-7,10H,3,8,14H2,1-2H3. The normalized spacial score (nSPS) is 13.3. The van der Waals surface area contributed by atoms with Gasteiger partial charge in [0, 0.05) is 15.6 Å². The lowest BCUT2D eigenvalue weighted by atomic mass is 10.1. The number of nitrogens with two attached hydrogens (primary N) is 1. The Bertz CT molecular complexity index is 459. The number of thiophene rings is 1. The van der Waals surface area contributed by atoms with E-state index in [1.165, 1.54) is 20.5 Å². The molecule has 1 nitrogen and oxygen atoms in total. The first-order chi connectivity index (χ1) is 7.22. The molecule has 0 amide bonds. The Balaban J connectivity index is 2.40. The minimum Gasteiger partial charge on any atom is -0.327 e. The van der Waals surface area contributed by atoms with Crippen molar-refractivity contribution in [2.24, 2.45) is 5.73 Å². The zero-order chi connectivity index (χ0) is 10.8. The van der Waals surface area contributed by atoms with E-state index in [-0.39, 0.29) is 0 Å². The molecule has 1 heterocycles. The van der Waals surface area contributed by atoms with Crippen molar-refractivity contribution in [2.75, 3.05) is 0 Å². The van der Waals surface area contributed by atoms with Crippen molar-refractivity contribution < 1.29 is 0 Å². The highest BCUT2D eigenvalue weighted by Crippen LogP contribution is 2.31. The number of benzene rings is 1. The van der Waals surface area contributed by atoms with Gasteiger partial charge in [0.05, 0.1) is 0 Å². The van der Waals surface area contributed by atoms with Gasteiger partial charge in [0.15, 0.2) is 0 Å². The fourth-order valence-corrected chi connectivity index (χ4v) is 3.11. The average molecular weight is 219 g/mol. The van der Waals surface area contributed by atoms with Gasteiger partial charge in [0.25, 0.3) is 0 Å². The molecule has 0 bridgehead atoms. The molecule has 0 radical (unpaired) electrons. The first-order valence-corrected chi connectivity index (χ1v) is 6.26. The molecule has 0 aliphatic heterocycles. The minimum atomic E-state index is 0.303. The molecule has 1 unspecified atom stereocenters. The van der Waals surface area contributed by atoms with Gasteiger partial charge in [0.1, 0.15) is 0 Å². The van der Waals surface area contributed by atoms with E-state index < -0.39 is 0 Å². The lowest BCUT2D eigenvalue weighted by molar-refractivity contribution is 0.650. The Morgan fingerprint density at radius 2 is 2.07 bits per heavy atom. The number of hydrogen-bond donors (Lipinski definition) is 1. The van der Waals surface area contributed by atoms with Crippen LogP contribution in [0.25, 0.3) is 10.1 Å². The van der Waals surface area contributed by atoms with E-state index in [4.69, 9.17) is 5.73 Å². The van der Waals surface area contributed by atoms with Crippen molar-refractivity contribution in [1.82, 2.24) is 0 Å². The van der Waals surface area contributed by atoms with E-state index in [1.807, 2.05) is 11.3 Å². The fourth-order valence-electron chi connectivity index (χ4n) is 1.80. The van der Waals surface area contributed by atoms with Gasteiger partial charge in [-0.15, -0.1) is 11.3 Å². The summed E-state index contributed by atoms with van der Waals surface area (Å²) in [5.74, 6) is 0. The van der Waals surface area contributed by atoms with Gasteiger partial charge in [-0.05, 0) is 36.8 Å². The quantitative estimate of drug-likeness (QED) is 0.840. The summed E-state index contributed by atoms with van der Waals surface area (Å²) in [5, 5.41) is 1.39. The summed E-state index contributed by atoms with van der Waals surface area (Å²) in [4.78, 5) is 1.45. The summed E-state index contributed by atoms with van der Waals surface area (Å²) in [5.41, 5.74) is 7.42. The van der Waals surface area contributed by atoms with Gasteiger partial charge >= 0.3 is 0 Å². The zero-order valence-corrected chi connectivity index (χ0v) is 10.1. The van der Waals surface area contributed by atoms with Crippen molar-refractivity contribution in [1.29, 1.82) is 0 Å². The van der Waals surface area contributed by atoms with Crippen LogP contribution in [0.5, 0.6) is 0 Å². The predicted octanol–water partition coefficient (Wildman–Crippen LogP) is 3.49. The Morgan fingerprint density at radius 3 is 2.73 bits per heavy atom. The molecule has 1 atom stereocenters. The highest BCUT2D eigenvalue weighted by molar-refractivity contribution is 7.19. The van der Waals surface area contributed by atoms with Crippen LogP contribution in [0, 0.1) is 6.92 Å². The molecule has 2 rings (SSSR count). The molecule has 2 aromatic rings. The Hall–Kier alpha value is -0.860. The summed E-state index contributed by atoms with van der Waals surface area (Å²) >= 11 is 1.89. The van der Waals surface area contributed by atoms with Gasteiger partial charge in [0.2, 0.25) is 0 Å². The lowest BCUT2D eigenvalue weighted by Gasteiger charge is -2.06. The van der Waals surface area contributed by atoms with Gasteiger partial charge < -0.3 is 5.73 Å². The van der Waals surface area contributed by atoms with Crippen LogP contribution in [0.2, 0.25) is 0 Å². The Morgan fingerprint density at radius 1 is 1.33 bits per heavy atom. The fraction of sp³-hybridized carbons (Fsp3) is 0.385. The van der Waals surface area contributed by atoms with Crippen molar-refractivity contribution in [2.45, 2.75) is 32.7 Å². The first-order valence-electron chi connectivity index (χ1n) is 5.45. The minimum absolute atomic E-state index is 0.303. The molecule has 0 fully saturated rings. The van der Waals surface area contributed by atoms with Crippen LogP contribution in [0.4, 0.5) is 0 Å². The number of aryl methyl sites for hydroxylation is 1. The van der Waals surface area contributed by atoms with Crippen LogP contribution >= 0.6 is 11.3 Å². The maximum atomic E-state index is 6.00. The lowest BCUT2D eigenvalue weighted by Crippen LogP contribution is -2.21. The molecule has 1 aromatic heterocycles. The third-order valence-electron chi connectivity index (χ3n) is 2.91. The van der Waals surface area contributed by atoms with Crippen molar-refractivity contribution >= 4 is 21.4 Å². The molecule has 2 N–H and O–H groups in total. The summed E-state index contributed by atoms with van der Waals surface area (Å²) in [6.07, 6.45) is 2.06. The smallest absolute Gasteiger partial charge is 0.0348 e. The Labute approximate surface area is 94.9 Å². The third-order valence-corrected chi connectivity index (χ3v) is 4.21. The van der Waals surface area contributed by atoms with E-state index >= 15 is 0 Å². The van der Waals surface area contributed by atoms with Crippen LogP contribution in [0.1, 0.15) is 23.8 Å². The second kappa shape index (κ2) is 4.33. The van der Waals surface area contributed by atoms with E-state index in [0.717, 1.165) is 12.8 Å². The van der Waals surface area contributed by atoms with E-state index in [9.17, 15) is 0 Å². The highest BCUT2D eigenvalue weighted by Gasteiger charge is 2.10. The summed E-state index contributed by atoms with van der Waals surface area (Å²) < 4.78 is 1.38. The molecule has 80 valence electrons. The zero-order valence-electron chi connectivity index (χ0n) is 9.29. The maximum absolute atomic E-state index is 6.00. The second-order valence-electron chi connectivity index (χ2n) is 4.02.